The zero-order valence-corrected chi connectivity index (χ0v) is 19.7. The van der Waals surface area contributed by atoms with Crippen LogP contribution in [0.5, 0.6) is 5.75 Å². The van der Waals surface area contributed by atoms with Gasteiger partial charge in [0.2, 0.25) is 11.8 Å². The van der Waals surface area contributed by atoms with Gasteiger partial charge in [-0.15, -0.1) is 0 Å². The van der Waals surface area contributed by atoms with Gasteiger partial charge in [0.05, 0.1) is 46.3 Å². The zero-order valence-electron chi connectivity index (χ0n) is 18.9. The monoisotopic (exact) mass is 496 g/mol. The lowest BCUT2D eigenvalue weighted by molar-refractivity contribution is -0.384. The summed E-state index contributed by atoms with van der Waals surface area (Å²) in [6.45, 7) is 2.45. The van der Waals surface area contributed by atoms with Gasteiger partial charge in [-0.3, -0.25) is 29.4 Å². The van der Waals surface area contributed by atoms with Gasteiger partial charge in [-0.2, -0.15) is 0 Å². The molecule has 1 spiro atoms. The number of imide groups is 1. The lowest BCUT2D eigenvalue weighted by atomic mass is 9.75. The number of carbonyl (C=O) groups excluding carboxylic acids is 3. The largest absolute Gasteiger partial charge is 0.494 e. The van der Waals surface area contributed by atoms with Crippen molar-refractivity contribution in [3.05, 3.63) is 56.6 Å². The van der Waals surface area contributed by atoms with Gasteiger partial charge in [0.25, 0.3) is 11.6 Å². The second kappa shape index (κ2) is 7.25. The van der Waals surface area contributed by atoms with E-state index in [4.69, 9.17) is 16.3 Å². The lowest BCUT2D eigenvalue weighted by Gasteiger charge is -2.36. The highest BCUT2D eigenvalue weighted by Gasteiger charge is 2.75. The van der Waals surface area contributed by atoms with Crippen LogP contribution in [0, 0.1) is 28.9 Å². The van der Waals surface area contributed by atoms with Crippen molar-refractivity contribution in [2.24, 2.45) is 11.8 Å². The number of hydrogen-bond donors (Lipinski definition) is 1. The van der Waals surface area contributed by atoms with E-state index in [9.17, 15) is 24.5 Å². The van der Waals surface area contributed by atoms with Crippen molar-refractivity contribution >= 4 is 46.4 Å². The molecular weight excluding hydrogens is 476 g/mol. The summed E-state index contributed by atoms with van der Waals surface area (Å²) in [5, 5.41) is 14.5. The highest BCUT2D eigenvalue weighted by atomic mass is 35.5. The fraction of sp³-hybridized carbons (Fsp3) is 0.375. The molecule has 3 amide bonds. The molecule has 0 bridgehead atoms. The second-order valence-electron chi connectivity index (χ2n) is 9.42. The molecule has 0 aromatic heterocycles. The van der Waals surface area contributed by atoms with Gasteiger partial charge >= 0.3 is 0 Å². The fourth-order valence-electron chi connectivity index (χ4n) is 6.60. The number of benzene rings is 2. The number of rotatable bonds is 3. The van der Waals surface area contributed by atoms with Crippen molar-refractivity contribution in [1.82, 2.24) is 4.90 Å². The third-order valence-corrected chi connectivity index (χ3v) is 8.11. The summed E-state index contributed by atoms with van der Waals surface area (Å²) in [5.41, 5.74) is 0.479. The number of nitrogens with one attached hydrogen (secondary N) is 1. The van der Waals surface area contributed by atoms with Crippen LogP contribution in [0.3, 0.4) is 0 Å². The van der Waals surface area contributed by atoms with Crippen molar-refractivity contribution in [3.8, 4) is 5.75 Å². The number of non-ortho nitro benzene ring substituents is 1. The summed E-state index contributed by atoms with van der Waals surface area (Å²) in [4.78, 5) is 55.4. The third-order valence-electron chi connectivity index (χ3n) is 7.81. The number of aryl methyl sites for hydroxylation is 1. The first-order valence-electron chi connectivity index (χ1n) is 11.3. The predicted molar refractivity (Wildman–Crippen MR) is 125 cm³/mol. The number of ether oxygens (including phenoxy) is 1. The van der Waals surface area contributed by atoms with E-state index in [2.05, 4.69) is 5.32 Å². The number of nitrogens with zero attached hydrogens (tertiary/aromatic N) is 3. The summed E-state index contributed by atoms with van der Waals surface area (Å²) in [7, 11) is 1.32. The van der Waals surface area contributed by atoms with Crippen molar-refractivity contribution in [3.63, 3.8) is 0 Å². The van der Waals surface area contributed by atoms with Crippen molar-refractivity contribution in [2.45, 2.75) is 31.3 Å². The quantitative estimate of drug-likeness (QED) is 0.393. The summed E-state index contributed by atoms with van der Waals surface area (Å²) >= 11 is 6.49. The topological polar surface area (TPSA) is 122 Å². The maximum atomic E-state index is 14.1. The highest BCUT2D eigenvalue weighted by molar-refractivity contribution is 6.35. The number of amides is 3. The van der Waals surface area contributed by atoms with Crippen molar-refractivity contribution < 1.29 is 24.0 Å². The van der Waals surface area contributed by atoms with Crippen LogP contribution in [0.4, 0.5) is 17.1 Å². The first-order chi connectivity index (χ1) is 16.7. The first kappa shape index (κ1) is 22.0. The van der Waals surface area contributed by atoms with Gasteiger partial charge < -0.3 is 10.1 Å². The van der Waals surface area contributed by atoms with Crippen LogP contribution in [0.15, 0.2) is 30.3 Å². The standard InChI is InChI=1S/C24H21ClN4O6/c1-11-8-13-20(14(25)9-11)26-23(32)24(13)19-18(16-4-3-7-27(16)24)21(30)28(22(19)31)15-6-5-12(29(33)34)10-17(15)35-2/h5-6,8-10,16,18-19H,3-4,7H2,1-2H3,(H,26,32)/t16-,18-,19-,24+/m1/s1. The van der Waals surface area contributed by atoms with E-state index in [1.54, 1.807) is 6.07 Å². The molecule has 4 atom stereocenters. The molecule has 11 heteroatoms. The molecule has 6 rings (SSSR count). The van der Waals surface area contributed by atoms with E-state index in [0.29, 0.717) is 29.2 Å². The van der Waals surface area contributed by atoms with E-state index in [-0.39, 0.29) is 29.1 Å². The van der Waals surface area contributed by atoms with Gasteiger partial charge in [-0.1, -0.05) is 17.7 Å². The molecule has 4 heterocycles. The van der Waals surface area contributed by atoms with Gasteiger partial charge in [0.15, 0.2) is 0 Å². The molecule has 0 aliphatic carbocycles. The molecule has 0 radical (unpaired) electrons. The molecule has 35 heavy (non-hydrogen) atoms. The summed E-state index contributed by atoms with van der Waals surface area (Å²) in [5.74, 6) is -2.98. The Hall–Kier alpha value is -3.50. The van der Waals surface area contributed by atoms with E-state index in [1.807, 2.05) is 17.9 Å². The number of halogens is 1. The fourth-order valence-corrected chi connectivity index (χ4v) is 6.92. The van der Waals surface area contributed by atoms with Crippen molar-refractivity contribution in [1.29, 1.82) is 0 Å². The molecule has 3 saturated heterocycles. The number of nitro benzene ring substituents is 1. The van der Waals surface area contributed by atoms with Gasteiger partial charge in [-0.25, -0.2) is 4.90 Å². The summed E-state index contributed by atoms with van der Waals surface area (Å²) in [6, 6.07) is 7.08. The van der Waals surface area contributed by atoms with Crippen LogP contribution in [0.2, 0.25) is 5.02 Å². The van der Waals surface area contributed by atoms with E-state index < -0.39 is 34.1 Å². The van der Waals surface area contributed by atoms with Crippen molar-refractivity contribution in [2.75, 3.05) is 23.9 Å². The van der Waals surface area contributed by atoms with Crippen LogP contribution in [0.25, 0.3) is 0 Å². The molecule has 4 aliphatic heterocycles. The number of methoxy groups -OCH3 is 1. The molecule has 2 aromatic carbocycles. The summed E-state index contributed by atoms with van der Waals surface area (Å²) in [6.07, 6.45) is 1.47. The second-order valence-corrected chi connectivity index (χ2v) is 9.83. The van der Waals surface area contributed by atoms with E-state index >= 15 is 0 Å². The molecule has 0 unspecified atom stereocenters. The predicted octanol–water partition coefficient (Wildman–Crippen LogP) is 3.00. The Labute approximate surface area is 204 Å². The van der Waals surface area contributed by atoms with Crippen LogP contribution < -0.4 is 15.0 Å². The molecular formula is C24H21ClN4O6. The molecule has 2 aromatic rings. The average Bonchev–Trinajstić information content (AvgIpc) is 3.52. The number of carbonyl (C=O) groups is 3. The van der Waals surface area contributed by atoms with Crippen LogP contribution in [0.1, 0.15) is 24.0 Å². The van der Waals surface area contributed by atoms with E-state index in [1.165, 1.54) is 25.3 Å². The Morgan fingerprint density at radius 1 is 1.20 bits per heavy atom. The smallest absolute Gasteiger partial charge is 0.273 e. The Kier molecular flexibility index (Phi) is 4.56. The van der Waals surface area contributed by atoms with Gasteiger partial charge in [0, 0.05) is 17.7 Å². The molecule has 180 valence electrons. The SMILES string of the molecule is COc1cc([N+](=O)[O-])ccc1N1C(=O)[C@@H]2[C@H]3CCCN3[C@]3(C(=O)Nc4c(Cl)cc(C)cc43)[C@H]2C1=O. The maximum absolute atomic E-state index is 14.1. The Morgan fingerprint density at radius 3 is 2.69 bits per heavy atom. The van der Waals surface area contributed by atoms with Gasteiger partial charge in [-0.05, 0) is 44.0 Å². The van der Waals surface area contributed by atoms with Crippen LogP contribution >= 0.6 is 11.6 Å². The first-order valence-corrected chi connectivity index (χ1v) is 11.7. The normalized spacial score (nSPS) is 28.9. The molecule has 0 saturated carbocycles. The molecule has 3 fully saturated rings. The Balaban J connectivity index is 1.55. The van der Waals surface area contributed by atoms with E-state index in [0.717, 1.165) is 16.9 Å². The number of fused-ring (bicyclic) bond motifs is 7. The lowest BCUT2D eigenvalue weighted by Crippen LogP contribution is -2.54. The van der Waals surface area contributed by atoms with Gasteiger partial charge in [0.1, 0.15) is 11.3 Å². The number of anilines is 2. The Bertz CT molecular complexity index is 1360. The molecule has 1 N–H and O–H groups in total. The number of hydrogen-bond acceptors (Lipinski definition) is 7. The maximum Gasteiger partial charge on any atom is 0.273 e. The minimum atomic E-state index is -1.35. The molecule has 10 nitrogen and oxygen atoms in total. The Morgan fingerprint density at radius 2 is 1.97 bits per heavy atom. The minimum absolute atomic E-state index is 0.0355. The third kappa shape index (κ3) is 2.61. The highest BCUT2D eigenvalue weighted by Crippen LogP contribution is 2.61. The molecule has 4 aliphatic rings. The zero-order chi connectivity index (χ0) is 24.8. The summed E-state index contributed by atoms with van der Waals surface area (Å²) < 4.78 is 5.32. The van der Waals surface area contributed by atoms with Crippen LogP contribution in [-0.4, -0.2) is 47.2 Å². The average molecular weight is 497 g/mol. The number of nitro groups is 1. The van der Waals surface area contributed by atoms with Crippen LogP contribution in [-0.2, 0) is 19.9 Å². The minimum Gasteiger partial charge on any atom is -0.494 e.